The smallest absolute Gasteiger partial charge is 0.335 e. The highest BCUT2D eigenvalue weighted by Gasteiger charge is 2.20. The Hall–Kier alpha value is -3.48. The van der Waals surface area contributed by atoms with Gasteiger partial charge in [-0.05, 0) is 72.0 Å². The molecule has 0 amide bonds. The number of aromatic nitrogens is 2. The molecule has 0 aliphatic rings. The number of carboxylic acids is 1. The van der Waals surface area contributed by atoms with Crippen LogP contribution in [0.1, 0.15) is 65.3 Å². The monoisotopic (exact) mass is 552 g/mol. The first kappa shape index (κ1) is 27.6. The summed E-state index contributed by atoms with van der Waals surface area (Å²) in [5, 5.41) is 14.8. The topological polar surface area (TPSA) is 73.6 Å². The van der Waals surface area contributed by atoms with E-state index in [2.05, 4.69) is 25.9 Å². The normalized spacial score (nSPS) is 12.0. The van der Waals surface area contributed by atoms with Gasteiger partial charge in [0.2, 0.25) is 0 Å². The molecule has 6 nitrogen and oxygen atoms in total. The first-order valence-electron chi connectivity index (χ1n) is 12.4. The lowest BCUT2D eigenvalue weighted by Crippen LogP contribution is -2.10. The SMILES string of the molecule is Cc1cc(OCc2c(C(C)C)cnn2-c2c(Cl)cccc2Cl)ccc1C(C)COc1cccc(C(=O)O)c1. The van der Waals surface area contributed by atoms with Crippen LogP contribution in [0.3, 0.4) is 0 Å². The minimum atomic E-state index is -0.978. The zero-order valence-corrected chi connectivity index (χ0v) is 23.3. The van der Waals surface area contributed by atoms with Crippen molar-refractivity contribution in [3.63, 3.8) is 0 Å². The molecule has 1 aromatic heterocycles. The molecule has 38 heavy (non-hydrogen) atoms. The van der Waals surface area contributed by atoms with Crippen LogP contribution < -0.4 is 9.47 Å². The number of carboxylic acid groups (broad SMARTS) is 1. The van der Waals surface area contributed by atoms with Crippen LogP contribution in [0.15, 0.2) is 66.9 Å². The molecule has 0 aliphatic heterocycles. The van der Waals surface area contributed by atoms with Crippen molar-refractivity contribution in [1.29, 1.82) is 0 Å². The van der Waals surface area contributed by atoms with E-state index in [0.717, 1.165) is 28.1 Å². The highest BCUT2D eigenvalue weighted by Crippen LogP contribution is 2.32. The van der Waals surface area contributed by atoms with Gasteiger partial charge in [-0.25, -0.2) is 9.48 Å². The van der Waals surface area contributed by atoms with Crippen LogP contribution in [0.25, 0.3) is 5.69 Å². The van der Waals surface area contributed by atoms with Gasteiger partial charge in [-0.2, -0.15) is 5.10 Å². The van der Waals surface area contributed by atoms with Crippen LogP contribution in [0.5, 0.6) is 11.5 Å². The molecule has 0 saturated carbocycles. The van der Waals surface area contributed by atoms with E-state index in [1.165, 1.54) is 6.07 Å². The summed E-state index contributed by atoms with van der Waals surface area (Å²) in [5.41, 5.74) is 4.99. The van der Waals surface area contributed by atoms with Gasteiger partial charge in [0, 0.05) is 5.92 Å². The quantitative estimate of drug-likeness (QED) is 0.215. The number of carbonyl (C=O) groups is 1. The van der Waals surface area contributed by atoms with Crippen LogP contribution in [0.2, 0.25) is 10.0 Å². The molecule has 0 saturated heterocycles. The largest absolute Gasteiger partial charge is 0.493 e. The van der Waals surface area contributed by atoms with Gasteiger partial charge in [0.05, 0.1) is 34.1 Å². The van der Waals surface area contributed by atoms with Crippen molar-refractivity contribution in [2.24, 2.45) is 0 Å². The van der Waals surface area contributed by atoms with Crippen LogP contribution in [-0.2, 0) is 6.61 Å². The zero-order valence-electron chi connectivity index (χ0n) is 21.7. The molecule has 0 fully saturated rings. The van der Waals surface area contributed by atoms with E-state index in [0.29, 0.717) is 34.7 Å². The van der Waals surface area contributed by atoms with Crippen LogP contribution in [-0.4, -0.2) is 27.5 Å². The minimum Gasteiger partial charge on any atom is -0.493 e. The van der Waals surface area contributed by atoms with E-state index >= 15 is 0 Å². The van der Waals surface area contributed by atoms with Gasteiger partial charge >= 0.3 is 5.97 Å². The first-order valence-corrected chi connectivity index (χ1v) is 13.1. The highest BCUT2D eigenvalue weighted by molar-refractivity contribution is 6.37. The van der Waals surface area contributed by atoms with Crippen LogP contribution in [0.4, 0.5) is 0 Å². The van der Waals surface area contributed by atoms with Crippen molar-refractivity contribution in [2.75, 3.05) is 6.61 Å². The van der Waals surface area contributed by atoms with Crippen LogP contribution >= 0.6 is 23.2 Å². The Morgan fingerprint density at radius 3 is 2.29 bits per heavy atom. The lowest BCUT2D eigenvalue weighted by molar-refractivity contribution is 0.0696. The number of ether oxygens (including phenoxy) is 2. The number of aromatic carboxylic acids is 1. The Labute approximate surface area is 232 Å². The molecular formula is C30H30Cl2N2O4. The third-order valence-electron chi connectivity index (χ3n) is 6.40. The summed E-state index contributed by atoms with van der Waals surface area (Å²) in [6.45, 7) is 9.05. The van der Waals surface area contributed by atoms with Crippen molar-refractivity contribution >= 4 is 29.2 Å². The predicted octanol–water partition coefficient (Wildman–Crippen LogP) is 8.07. The van der Waals surface area contributed by atoms with Gasteiger partial charge in [-0.3, -0.25) is 0 Å². The van der Waals surface area contributed by atoms with Gasteiger partial charge in [0.1, 0.15) is 23.8 Å². The van der Waals surface area contributed by atoms with Gasteiger partial charge < -0.3 is 14.6 Å². The Morgan fingerprint density at radius 2 is 1.63 bits per heavy atom. The molecule has 1 unspecified atom stereocenters. The fourth-order valence-electron chi connectivity index (χ4n) is 4.37. The van der Waals surface area contributed by atoms with Gasteiger partial charge in [0.25, 0.3) is 0 Å². The van der Waals surface area contributed by atoms with Crippen molar-refractivity contribution in [1.82, 2.24) is 9.78 Å². The molecular weight excluding hydrogens is 523 g/mol. The van der Waals surface area contributed by atoms with Crippen molar-refractivity contribution < 1.29 is 19.4 Å². The summed E-state index contributed by atoms with van der Waals surface area (Å²) < 4.78 is 13.9. The van der Waals surface area contributed by atoms with Crippen molar-refractivity contribution in [3.05, 3.63) is 105 Å². The molecule has 1 heterocycles. The number of halogens is 2. The van der Waals surface area contributed by atoms with Gasteiger partial charge in [0.15, 0.2) is 0 Å². The molecule has 1 atom stereocenters. The summed E-state index contributed by atoms with van der Waals surface area (Å²) in [5.74, 6) is 0.624. The third-order valence-corrected chi connectivity index (χ3v) is 7.01. The number of aryl methyl sites for hydroxylation is 1. The number of para-hydroxylation sites is 1. The molecule has 4 aromatic rings. The van der Waals surface area contributed by atoms with Crippen LogP contribution in [0, 0.1) is 6.92 Å². The predicted molar refractivity (Wildman–Crippen MR) is 150 cm³/mol. The van der Waals surface area contributed by atoms with E-state index in [4.69, 9.17) is 32.7 Å². The van der Waals surface area contributed by atoms with Gasteiger partial charge in [-0.15, -0.1) is 0 Å². The molecule has 4 rings (SSSR count). The molecule has 0 bridgehead atoms. The van der Waals surface area contributed by atoms with Gasteiger partial charge in [-0.1, -0.05) is 62.2 Å². The third kappa shape index (κ3) is 6.14. The molecule has 1 N–H and O–H groups in total. The molecule has 0 spiro atoms. The second-order valence-electron chi connectivity index (χ2n) is 9.54. The summed E-state index contributed by atoms with van der Waals surface area (Å²) in [6.07, 6.45) is 1.84. The summed E-state index contributed by atoms with van der Waals surface area (Å²) in [6, 6.07) is 17.9. The molecule has 3 aromatic carbocycles. The molecule has 8 heteroatoms. The Bertz CT molecular complexity index is 1430. The average Bonchev–Trinajstić information content (AvgIpc) is 3.30. The zero-order chi connectivity index (χ0) is 27.4. The molecule has 0 aliphatic carbocycles. The standard InChI is InChI=1S/C30H30Cl2N2O4/c1-18(2)25-15-33-34(29-26(31)9-6-10-27(29)32)28(25)17-38-23-11-12-24(19(3)13-23)20(4)16-37-22-8-5-7-21(14-22)30(35)36/h5-15,18,20H,16-17H2,1-4H3,(H,35,36). The highest BCUT2D eigenvalue weighted by atomic mass is 35.5. The maximum absolute atomic E-state index is 11.2. The Balaban J connectivity index is 1.48. The maximum atomic E-state index is 11.2. The minimum absolute atomic E-state index is 0.0916. The van der Waals surface area contributed by atoms with E-state index < -0.39 is 5.97 Å². The first-order chi connectivity index (χ1) is 18.2. The van der Waals surface area contributed by atoms with E-state index in [-0.39, 0.29) is 17.4 Å². The Kier molecular flexibility index (Phi) is 8.65. The average molecular weight is 553 g/mol. The maximum Gasteiger partial charge on any atom is 0.335 e. The fraction of sp³-hybridized carbons (Fsp3) is 0.267. The van der Waals surface area contributed by atoms with E-state index in [1.807, 2.05) is 31.3 Å². The lowest BCUT2D eigenvalue weighted by Gasteiger charge is -2.18. The number of benzene rings is 3. The lowest BCUT2D eigenvalue weighted by atomic mass is 9.97. The fourth-order valence-corrected chi connectivity index (χ4v) is 4.93. The van der Waals surface area contributed by atoms with E-state index in [1.54, 1.807) is 41.1 Å². The second kappa shape index (κ2) is 11.9. The number of nitrogens with zero attached hydrogens (tertiary/aromatic N) is 2. The molecule has 198 valence electrons. The molecule has 0 radical (unpaired) electrons. The number of rotatable bonds is 10. The van der Waals surface area contributed by atoms with E-state index in [9.17, 15) is 9.90 Å². The number of hydrogen-bond donors (Lipinski definition) is 1. The summed E-state index contributed by atoms with van der Waals surface area (Å²) in [4.78, 5) is 11.2. The number of hydrogen-bond acceptors (Lipinski definition) is 4. The van der Waals surface area contributed by atoms with Crippen molar-refractivity contribution in [3.8, 4) is 17.2 Å². The van der Waals surface area contributed by atoms with Crippen molar-refractivity contribution in [2.45, 2.75) is 46.1 Å². The second-order valence-corrected chi connectivity index (χ2v) is 10.3. The Morgan fingerprint density at radius 1 is 0.947 bits per heavy atom. The summed E-state index contributed by atoms with van der Waals surface area (Å²) >= 11 is 12.9. The summed E-state index contributed by atoms with van der Waals surface area (Å²) in [7, 11) is 0.